The van der Waals surface area contributed by atoms with E-state index in [0.717, 1.165) is 18.7 Å². The lowest BCUT2D eigenvalue weighted by atomic mass is 10.2. The Kier molecular flexibility index (Phi) is 1.74. The van der Waals surface area contributed by atoms with Gasteiger partial charge in [0.1, 0.15) is 0 Å². The Hall–Kier alpha value is -1.53. The molecule has 1 aromatic rings. The van der Waals surface area contributed by atoms with Gasteiger partial charge in [-0.3, -0.25) is 0 Å². The summed E-state index contributed by atoms with van der Waals surface area (Å²) >= 11 is 0. The second-order valence-corrected chi connectivity index (χ2v) is 4.47. The number of benzene rings is 1. The molecule has 2 N–H and O–H groups in total. The number of anilines is 1. The predicted octanol–water partition coefficient (Wildman–Crippen LogP) is 0.952. The average molecular weight is 199 g/mol. The summed E-state index contributed by atoms with van der Waals surface area (Å²) in [5.41, 5.74) is 7.83. The second kappa shape index (κ2) is 2.98. The third-order valence-electron chi connectivity index (χ3n) is 3.62. The van der Waals surface area contributed by atoms with E-state index in [1.165, 1.54) is 5.69 Å². The van der Waals surface area contributed by atoms with Gasteiger partial charge in [0.2, 0.25) is 0 Å². The first-order valence-corrected chi connectivity index (χ1v) is 5.30. The highest BCUT2D eigenvalue weighted by molar-refractivity contribution is 5.51. The smallest absolute Gasteiger partial charge is 0.0991 e. The minimum Gasteiger partial charge on any atom is -0.371 e. The van der Waals surface area contributed by atoms with E-state index < -0.39 is 0 Å². The van der Waals surface area contributed by atoms with Crippen molar-refractivity contribution in [2.45, 2.75) is 6.04 Å². The first-order valence-electron chi connectivity index (χ1n) is 5.30. The Balaban J connectivity index is 1.75. The molecule has 1 aliphatic carbocycles. The molecule has 76 valence electrons. The van der Waals surface area contributed by atoms with Crippen LogP contribution in [0.1, 0.15) is 5.56 Å². The van der Waals surface area contributed by atoms with Gasteiger partial charge in [0.25, 0.3) is 0 Å². The third-order valence-corrected chi connectivity index (χ3v) is 3.62. The van der Waals surface area contributed by atoms with Gasteiger partial charge in [0.05, 0.1) is 11.6 Å². The summed E-state index contributed by atoms with van der Waals surface area (Å²) in [6, 6.07) is 10.4. The van der Waals surface area contributed by atoms with Gasteiger partial charge in [-0.1, -0.05) is 0 Å². The van der Waals surface area contributed by atoms with E-state index in [1.807, 2.05) is 24.3 Å². The van der Waals surface area contributed by atoms with Crippen LogP contribution in [0.5, 0.6) is 0 Å². The maximum atomic E-state index is 8.70. The molecule has 0 radical (unpaired) electrons. The summed E-state index contributed by atoms with van der Waals surface area (Å²) in [5, 5.41) is 8.70. The monoisotopic (exact) mass is 199 g/mol. The number of nitrogens with two attached hydrogens (primary N) is 1. The molecule has 3 rings (SSSR count). The molecule has 3 nitrogen and oxygen atoms in total. The molecule has 0 spiro atoms. The van der Waals surface area contributed by atoms with Gasteiger partial charge >= 0.3 is 0 Å². The molecule has 1 aromatic carbocycles. The molecular weight excluding hydrogens is 186 g/mol. The van der Waals surface area contributed by atoms with E-state index in [-0.39, 0.29) is 0 Å². The molecule has 3 heteroatoms. The molecular formula is C12H13N3. The number of piperidine rings is 1. The molecule has 2 aliphatic rings. The highest BCUT2D eigenvalue weighted by Crippen LogP contribution is 2.45. The van der Waals surface area contributed by atoms with Gasteiger partial charge in [-0.2, -0.15) is 5.26 Å². The number of nitrogens with zero attached hydrogens (tertiary/aromatic N) is 2. The maximum Gasteiger partial charge on any atom is 0.0991 e. The molecule has 1 heterocycles. The number of rotatable bonds is 1. The van der Waals surface area contributed by atoms with Crippen molar-refractivity contribution in [3.63, 3.8) is 0 Å². The van der Waals surface area contributed by atoms with Gasteiger partial charge in [-0.25, -0.2) is 0 Å². The van der Waals surface area contributed by atoms with Crippen LogP contribution in [0.2, 0.25) is 0 Å². The van der Waals surface area contributed by atoms with Crippen LogP contribution in [0.15, 0.2) is 24.3 Å². The summed E-state index contributed by atoms with van der Waals surface area (Å²) in [6.07, 6.45) is 0. The first-order chi connectivity index (χ1) is 7.29. The second-order valence-electron chi connectivity index (χ2n) is 4.47. The van der Waals surface area contributed by atoms with E-state index in [1.54, 1.807) is 0 Å². The summed E-state index contributed by atoms with van der Waals surface area (Å²) in [7, 11) is 0. The Morgan fingerprint density at radius 3 is 2.33 bits per heavy atom. The van der Waals surface area contributed by atoms with Gasteiger partial charge in [0, 0.05) is 24.8 Å². The largest absolute Gasteiger partial charge is 0.371 e. The quantitative estimate of drug-likeness (QED) is 0.732. The van der Waals surface area contributed by atoms with Crippen molar-refractivity contribution in [2.24, 2.45) is 17.6 Å². The van der Waals surface area contributed by atoms with Gasteiger partial charge in [-0.15, -0.1) is 0 Å². The van der Waals surface area contributed by atoms with E-state index in [0.29, 0.717) is 17.9 Å². The van der Waals surface area contributed by atoms with Crippen LogP contribution in [-0.4, -0.2) is 19.1 Å². The van der Waals surface area contributed by atoms with Crippen LogP contribution in [0.25, 0.3) is 0 Å². The molecule has 15 heavy (non-hydrogen) atoms. The number of hydrogen-bond donors (Lipinski definition) is 1. The number of hydrogen-bond acceptors (Lipinski definition) is 3. The van der Waals surface area contributed by atoms with Gasteiger partial charge in [0.15, 0.2) is 0 Å². The molecule has 2 fully saturated rings. The fourth-order valence-corrected chi connectivity index (χ4v) is 2.53. The number of fused-ring (bicyclic) bond motifs is 1. The van der Waals surface area contributed by atoms with Crippen molar-refractivity contribution in [1.82, 2.24) is 0 Å². The third kappa shape index (κ3) is 1.30. The summed E-state index contributed by atoms with van der Waals surface area (Å²) in [4.78, 5) is 2.36. The normalized spacial score (nSPS) is 32.3. The zero-order valence-corrected chi connectivity index (χ0v) is 8.43. The van der Waals surface area contributed by atoms with Crippen LogP contribution >= 0.6 is 0 Å². The average Bonchev–Trinajstić information content (AvgIpc) is 2.74. The topological polar surface area (TPSA) is 53.0 Å². The van der Waals surface area contributed by atoms with E-state index in [4.69, 9.17) is 11.0 Å². The van der Waals surface area contributed by atoms with Crippen molar-refractivity contribution < 1.29 is 0 Å². The highest BCUT2D eigenvalue weighted by Gasteiger charge is 2.53. The molecule has 1 unspecified atom stereocenters. The fraction of sp³-hybridized carbons (Fsp3) is 0.417. The summed E-state index contributed by atoms with van der Waals surface area (Å²) in [6.45, 7) is 2.16. The molecule has 1 saturated carbocycles. The van der Waals surface area contributed by atoms with Gasteiger partial charge < -0.3 is 10.6 Å². The standard InChI is InChI=1S/C12H13N3/c13-5-8-1-3-9(4-2-8)15-6-10-11(7-15)12(10)14/h1-4,10-12H,6-7,14H2/t10-,11+,12?. The van der Waals surface area contributed by atoms with Crippen LogP contribution < -0.4 is 10.6 Å². The van der Waals surface area contributed by atoms with Crippen molar-refractivity contribution in [1.29, 1.82) is 5.26 Å². The first kappa shape index (κ1) is 8.75. The van der Waals surface area contributed by atoms with Crippen molar-refractivity contribution in [3.05, 3.63) is 29.8 Å². The SMILES string of the molecule is N#Cc1ccc(N2C[C@@H]3C(N)[C@@H]3C2)cc1. The van der Waals surface area contributed by atoms with Crippen LogP contribution in [0.3, 0.4) is 0 Å². The maximum absolute atomic E-state index is 8.70. The van der Waals surface area contributed by atoms with Crippen LogP contribution in [0.4, 0.5) is 5.69 Å². The Morgan fingerprint density at radius 1 is 1.20 bits per heavy atom. The molecule has 3 atom stereocenters. The van der Waals surface area contributed by atoms with Crippen LogP contribution in [-0.2, 0) is 0 Å². The molecule has 0 amide bonds. The Bertz CT molecular complexity index is 405. The zero-order chi connectivity index (χ0) is 10.4. The Morgan fingerprint density at radius 2 is 1.80 bits per heavy atom. The van der Waals surface area contributed by atoms with E-state index >= 15 is 0 Å². The highest BCUT2D eigenvalue weighted by atomic mass is 15.2. The molecule has 0 bridgehead atoms. The minimum atomic E-state index is 0.444. The van der Waals surface area contributed by atoms with Crippen molar-refractivity contribution >= 4 is 5.69 Å². The number of nitriles is 1. The minimum absolute atomic E-state index is 0.444. The fourth-order valence-electron chi connectivity index (χ4n) is 2.53. The molecule has 1 saturated heterocycles. The zero-order valence-electron chi connectivity index (χ0n) is 8.43. The molecule has 1 aliphatic heterocycles. The van der Waals surface area contributed by atoms with Crippen LogP contribution in [0, 0.1) is 23.2 Å². The van der Waals surface area contributed by atoms with E-state index in [2.05, 4.69) is 11.0 Å². The lowest BCUT2D eigenvalue weighted by Gasteiger charge is -2.21. The van der Waals surface area contributed by atoms with Crippen molar-refractivity contribution in [3.8, 4) is 6.07 Å². The summed E-state index contributed by atoms with van der Waals surface area (Å²) in [5.74, 6) is 1.42. The Labute approximate surface area is 89.1 Å². The van der Waals surface area contributed by atoms with Crippen molar-refractivity contribution in [2.75, 3.05) is 18.0 Å². The molecule has 0 aromatic heterocycles. The van der Waals surface area contributed by atoms with Gasteiger partial charge in [-0.05, 0) is 36.1 Å². The lowest BCUT2D eigenvalue weighted by molar-refractivity contribution is 0.743. The lowest BCUT2D eigenvalue weighted by Crippen LogP contribution is -2.27. The van der Waals surface area contributed by atoms with E-state index in [9.17, 15) is 0 Å². The summed E-state index contributed by atoms with van der Waals surface area (Å²) < 4.78 is 0. The predicted molar refractivity (Wildman–Crippen MR) is 58.3 cm³/mol.